The van der Waals surface area contributed by atoms with E-state index in [-0.39, 0.29) is 11.7 Å². The average molecular weight is 259 g/mol. The summed E-state index contributed by atoms with van der Waals surface area (Å²) < 4.78 is 14.0. The van der Waals surface area contributed by atoms with E-state index in [1.165, 1.54) is 6.07 Å². The van der Waals surface area contributed by atoms with Crippen LogP contribution >= 0.6 is 15.9 Å². The highest BCUT2D eigenvalue weighted by molar-refractivity contribution is 9.10. The summed E-state index contributed by atoms with van der Waals surface area (Å²) in [7, 11) is 0. The van der Waals surface area contributed by atoms with E-state index in [0.29, 0.717) is 16.5 Å². The molecule has 0 aliphatic heterocycles. The van der Waals surface area contributed by atoms with E-state index < -0.39 is 11.9 Å². The molecule has 0 bridgehead atoms. The number of benzene rings is 1. The van der Waals surface area contributed by atoms with Crippen molar-refractivity contribution in [3.63, 3.8) is 0 Å². The van der Waals surface area contributed by atoms with Crippen LogP contribution in [0.15, 0.2) is 22.7 Å². The first-order valence-corrected chi connectivity index (χ1v) is 5.06. The molecule has 1 fully saturated rings. The second-order valence-corrected chi connectivity index (χ2v) is 4.37. The molecular formula is C10H8BrFO2. The van der Waals surface area contributed by atoms with Crippen molar-refractivity contribution in [1.29, 1.82) is 0 Å². The normalized spacial score (nSPS) is 24.7. The largest absolute Gasteiger partial charge is 0.481 e. The van der Waals surface area contributed by atoms with Crippen LogP contribution in [0.1, 0.15) is 17.9 Å². The summed E-state index contributed by atoms with van der Waals surface area (Å²) in [6.07, 6.45) is 0.549. The Bertz CT molecular complexity index is 392. The molecule has 0 radical (unpaired) electrons. The van der Waals surface area contributed by atoms with E-state index in [1.54, 1.807) is 12.1 Å². The van der Waals surface area contributed by atoms with Gasteiger partial charge in [0.05, 0.1) is 5.92 Å². The van der Waals surface area contributed by atoms with Crippen LogP contribution in [-0.2, 0) is 4.79 Å². The van der Waals surface area contributed by atoms with Gasteiger partial charge in [0.25, 0.3) is 0 Å². The van der Waals surface area contributed by atoms with Crippen LogP contribution in [0.3, 0.4) is 0 Å². The Morgan fingerprint density at radius 2 is 2.29 bits per heavy atom. The van der Waals surface area contributed by atoms with Crippen molar-refractivity contribution < 1.29 is 14.3 Å². The van der Waals surface area contributed by atoms with Gasteiger partial charge < -0.3 is 5.11 Å². The average Bonchev–Trinajstić information content (AvgIpc) is 2.83. The van der Waals surface area contributed by atoms with Crippen molar-refractivity contribution in [3.05, 3.63) is 34.1 Å². The van der Waals surface area contributed by atoms with E-state index in [9.17, 15) is 9.18 Å². The zero-order chi connectivity index (χ0) is 10.3. The standard InChI is InChI=1S/C10H8BrFO2/c11-5-1-2-6(9(12)3-5)7-4-8(7)10(13)14/h1-3,7-8H,4H2,(H,13,14). The number of hydrogen-bond donors (Lipinski definition) is 1. The Labute approximate surface area is 88.9 Å². The first-order valence-electron chi connectivity index (χ1n) is 4.27. The molecule has 1 aromatic carbocycles. The molecule has 2 atom stereocenters. The van der Waals surface area contributed by atoms with Gasteiger partial charge in [-0.15, -0.1) is 0 Å². The van der Waals surface area contributed by atoms with E-state index in [2.05, 4.69) is 15.9 Å². The lowest BCUT2D eigenvalue weighted by atomic mass is 10.1. The van der Waals surface area contributed by atoms with Gasteiger partial charge in [-0.1, -0.05) is 22.0 Å². The van der Waals surface area contributed by atoms with Gasteiger partial charge in [0.1, 0.15) is 5.82 Å². The zero-order valence-corrected chi connectivity index (χ0v) is 8.79. The molecule has 74 valence electrons. The van der Waals surface area contributed by atoms with Crippen molar-refractivity contribution >= 4 is 21.9 Å². The van der Waals surface area contributed by atoms with Crippen LogP contribution in [0.4, 0.5) is 4.39 Å². The van der Waals surface area contributed by atoms with Gasteiger partial charge in [0, 0.05) is 10.4 Å². The lowest BCUT2D eigenvalue weighted by molar-refractivity contribution is -0.138. The zero-order valence-electron chi connectivity index (χ0n) is 7.21. The SMILES string of the molecule is O=C(O)C1CC1c1ccc(Br)cc1F. The van der Waals surface area contributed by atoms with Crippen LogP contribution < -0.4 is 0 Å². The van der Waals surface area contributed by atoms with Gasteiger partial charge >= 0.3 is 5.97 Å². The molecule has 2 rings (SSSR count). The van der Waals surface area contributed by atoms with Crippen LogP contribution in [0.25, 0.3) is 0 Å². The first kappa shape index (κ1) is 9.65. The third-order valence-corrected chi connectivity index (χ3v) is 2.96. The van der Waals surface area contributed by atoms with Gasteiger partial charge in [-0.25, -0.2) is 4.39 Å². The minimum atomic E-state index is -0.836. The molecule has 1 N–H and O–H groups in total. The number of halogens is 2. The Kier molecular flexibility index (Phi) is 2.31. The Hall–Kier alpha value is -0.900. The number of rotatable bonds is 2. The molecule has 1 saturated carbocycles. The fraction of sp³-hybridized carbons (Fsp3) is 0.300. The van der Waals surface area contributed by atoms with Crippen LogP contribution in [0.2, 0.25) is 0 Å². The quantitative estimate of drug-likeness (QED) is 0.886. The molecule has 0 aromatic heterocycles. The highest BCUT2D eigenvalue weighted by atomic mass is 79.9. The van der Waals surface area contributed by atoms with Crippen LogP contribution in [0, 0.1) is 11.7 Å². The molecular weight excluding hydrogens is 251 g/mol. The predicted molar refractivity (Wildman–Crippen MR) is 52.6 cm³/mol. The lowest BCUT2D eigenvalue weighted by Crippen LogP contribution is -1.99. The second-order valence-electron chi connectivity index (χ2n) is 3.45. The summed E-state index contributed by atoms with van der Waals surface area (Å²) in [5.74, 6) is -1.70. The van der Waals surface area contributed by atoms with Gasteiger partial charge in [-0.05, 0) is 24.1 Å². The summed E-state index contributed by atoms with van der Waals surface area (Å²) in [5, 5.41) is 8.70. The molecule has 0 spiro atoms. The Morgan fingerprint density at radius 1 is 1.57 bits per heavy atom. The first-order chi connectivity index (χ1) is 6.59. The maximum atomic E-state index is 13.4. The van der Waals surface area contributed by atoms with Gasteiger partial charge in [0.2, 0.25) is 0 Å². The number of carbonyl (C=O) groups is 1. The van der Waals surface area contributed by atoms with Crippen LogP contribution in [0.5, 0.6) is 0 Å². The summed E-state index contributed by atoms with van der Waals surface area (Å²) in [6, 6.07) is 4.75. The molecule has 1 aromatic rings. The summed E-state index contributed by atoms with van der Waals surface area (Å²) in [6.45, 7) is 0. The monoisotopic (exact) mass is 258 g/mol. The second kappa shape index (κ2) is 3.35. The molecule has 0 saturated heterocycles. The van der Waals surface area contributed by atoms with E-state index in [4.69, 9.17) is 5.11 Å². The smallest absolute Gasteiger partial charge is 0.307 e. The minimum Gasteiger partial charge on any atom is -0.481 e. The van der Waals surface area contributed by atoms with Gasteiger partial charge in [-0.3, -0.25) is 4.79 Å². The number of carboxylic acid groups (broad SMARTS) is 1. The van der Waals surface area contributed by atoms with Crippen molar-refractivity contribution in [3.8, 4) is 0 Å². The molecule has 14 heavy (non-hydrogen) atoms. The number of aliphatic carboxylic acids is 1. The fourth-order valence-electron chi connectivity index (χ4n) is 1.61. The van der Waals surface area contributed by atoms with E-state index >= 15 is 0 Å². The maximum absolute atomic E-state index is 13.4. The van der Waals surface area contributed by atoms with Crippen molar-refractivity contribution in [1.82, 2.24) is 0 Å². The molecule has 2 unspecified atom stereocenters. The van der Waals surface area contributed by atoms with Gasteiger partial charge in [-0.2, -0.15) is 0 Å². The summed E-state index contributed by atoms with van der Waals surface area (Å²) in [5.41, 5.74) is 0.514. The predicted octanol–water partition coefficient (Wildman–Crippen LogP) is 2.78. The van der Waals surface area contributed by atoms with Crippen molar-refractivity contribution in [2.24, 2.45) is 5.92 Å². The molecule has 0 amide bonds. The fourth-order valence-corrected chi connectivity index (χ4v) is 1.95. The molecule has 1 aliphatic carbocycles. The molecule has 0 heterocycles. The lowest BCUT2D eigenvalue weighted by Gasteiger charge is -2.01. The third kappa shape index (κ3) is 1.66. The number of carboxylic acids is 1. The van der Waals surface area contributed by atoms with E-state index in [0.717, 1.165) is 0 Å². The number of hydrogen-bond acceptors (Lipinski definition) is 1. The van der Waals surface area contributed by atoms with Crippen molar-refractivity contribution in [2.45, 2.75) is 12.3 Å². The van der Waals surface area contributed by atoms with Crippen molar-refractivity contribution in [2.75, 3.05) is 0 Å². The van der Waals surface area contributed by atoms with Crippen LogP contribution in [-0.4, -0.2) is 11.1 Å². The maximum Gasteiger partial charge on any atom is 0.307 e. The topological polar surface area (TPSA) is 37.3 Å². The van der Waals surface area contributed by atoms with Gasteiger partial charge in [0.15, 0.2) is 0 Å². The summed E-state index contributed by atoms with van der Waals surface area (Å²) >= 11 is 3.15. The minimum absolute atomic E-state index is 0.138. The highest BCUT2D eigenvalue weighted by Gasteiger charge is 2.45. The highest BCUT2D eigenvalue weighted by Crippen LogP contribution is 2.48. The molecule has 4 heteroatoms. The molecule has 1 aliphatic rings. The summed E-state index contributed by atoms with van der Waals surface area (Å²) in [4.78, 5) is 10.6. The van der Waals surface area contributed by atoms with E-state index in [1.807, 2.05) is 0 Å². The third-order valence-electron chi connectivity index (χ3n) is 2.47. The molecule has 2 nitrogen and oxygen atoms in total. The Morgan fingerprint density at radius 3 is 2.79 bits per heavy atom. The Balaban J connectivity index is 2.23.